The Bertz CT molecular complexity index is 522. The van der Waals surface area contributed by atoms with Crippen LogP contribution in [0.1, 0.15) is 24.4 Å². The molecule has 90 valence electrons. The molecule has 0 amide bonds. The highest BCUT2D eigenvalue weighted by molar-refractivity contribution is 6.30. The van der Waals surface area contributed by atoms with Gasteiger partial charge in [0.2, 0.25) is 0 Å². The predicted molar refractivity (Wildman–Crippen MR) is 74.0 cm³/mol. The standard InChI is InChI=1S/C13H13ClN2.ClH/c14-13-10(12-6-3-7-15-12)8-9-4-1-2-5-11(9)16-13;/h1-2,4-5,8,12,15H,3,6-7H2;1H/t12-;/m0./s1. The monoisotopic (exact) mass is 268 g/mol. The lowest BCUT2D eigenvalue weighted by Crippen LogP contribution is -2.13. The molecular formula is C13H14Cl2N2. The zero-order chi connectivity index (χ0) is 11.0. The Hall–Kier alpha value is -0.830. The Morgan fingerprint density at radius 1 is 1.29 bits per heavy atom. The van der Waals surface area contributed by atoms with Crippen molar-refractivity contribution in [2.24, 2.45) is 0 Å². The molecule has 17 heavy (non-hydrogen) atoms. The normalized spacial score (nSPS) is 19.2. The van der Waals surface area contributed by atoms with Crippen LogP contribution in [-0.4, -0.2) is 11.5 Å². The Kier molecular flexibility index (Phi) is 3.87. The van der Waals surface area contributed by atoms with E-state index < -0.39 is 0 Å². The van der Waals surface area contributed by atoms with Gasteiger partial charge in [-0.05, 0) is 31.5 Å². The summed E-state index contributed by atoms with van der Waals surface area (Å²) < 4.78 is 0. The van der Waals surface area contributed by atoms with Gasteiger partial charge in [0.25, 0.3) is 0 Å². The van der Waals surface area contributed by atoms with Crippen LogP contribution in [0.15, 0.2) is 30.3 Å². The van der Waals surface area contributed by atoms with Crippen LogP contribution in [-0.2, 0) is 0 Å². The fraction of sp³-hybridized carbons (Fsp3) is 0.308. The number of halogens is 2. The Labute approximate surface area is 112 Å². The van der Waals surface area contributed by atoms with Gasteiger partial charge in [0.1, 0.15) is 5.15 Å². The number of hydrogen-bond donors (Lipinski definition) is 1. The lowest BCUT2D eigenvalue weighted by Gasteiger charge is -2.12. The van der Waals surface area contributed by atoms with Crippen LogP contribution < -0.4 is 5.32 Å². The van der Waals surface area contributed by atoms with Crippen molar-refractivity contribution in [2.75, 3.05) is 6.54 Å². The largest absolute Gasteiger partial charge is 0.310 e. The molecule has 0 bridgehead atoms. The molecule has 3 rings (SSSR count). The fourth-order valence-corrected chi connectivity index (χ4v) is 2.58. The molecule has 0 radical (unpaired) electrons. The molecule has 0 saturated carbocycles. The number of benzene rings is 1. The highest BCUT2D eigenvalue weighted by atomic mass is 35.5. The summed E-state index contributed by atoms with van der Waals surface area (Å²) in [5, 5.41) is 5.25. The van der Waals surface area contributed by atoms with Gasteiger partial charge >= 0.3 is 0 Å². The SMILES string of the molecule is Cl.Clc1nc2ccccc2cc1[C@@H]1CCCN1. The zero-order valence-electron chi connectivity index (χ0n) is 9.32. The van der Waals surface area contributed by atoms with Crippen molar-refractivity contribution in [1.82, 2.24) is 10.3 Å². The van der Waals surface area contributed by atoms with Crippen molar-refractivity contribution in [3.8, 4) is 0 Å². The lowest BCUT2D eigenvalue weighted by molar-refractivity contribution is 0.646. The molecule has 0 spiro atoms. The molecule has 2 nitrogen and oxygen atoms in total. The Balaban J connectivity index is 0.00000108. The third-order valence-corrected chi connectivity index (χ3v) is 3.44. The van der Waals surface area contributed by atoms with Crippen molar-refractivity contribution >= 4 is 34.9 Å². The molecule has 1 aliphatic heterocycles. The highest BCUT2D eigenvalue weighted by Crippen LogP contribution is 2.30. The Morgan fingerprint density at radius 3 is 2.88 bits per heavy atom. The molecule has 2 aromatic rings. The molecule has 0 unspecified atom stereocenters. The quantitative estimate of drug-likeness (QED) is 0.798. The van der Waals surface area contributed by atoms with Crippen molar-refractivity contribution in [3.05, 3.63) is 41.0 Å². The first-order chi connectivity index (χ1) is 7.84. The molecule has 1 saturated heterocycles. The lowest BCUT2D eigenvalue weighted by atomic mass is 10.1. The van der Waals surface area contributed by atoms with Crippen LogP contribution in [0, 0.1) is 0 Å². The molecule has 1 N–H and O–H groups in total. The molecule has 4 heteroatoms. The van der Waals surface area contributed by atoms with Gasteiger partial charge < -0.3 is 5.32 Å². The third-order valence-electron chi connectivity index (χ3n) is 3.14. The second-order valence-electron chi connectivity index (χ2n) is 4.21. The van der Waals surface area contributed by atoms with Gasteiger partial charge in [-0.25, -0.2) is 4.98 Å². The second kappa shape index (κ2) is 5.21. The van der Waals surface area contributed by atoms with Crippen LogP contribution in [0.3, 0.4) is 0 Å². The van der Waals surface area contributed by atoms with Crippen LogP contribution in [0.4, 0.5) is 0 Å². The maximum atomic E-state index is 6.23. The van der Waals surface area contributed by atoms with Gasteiger partial charge in [0.15, 0.2) is 0 Å². The molecule has 1 atom stereocenters. The van der Waals surface area contributed by atoms with Gasteiger partial charge in [-0.1, -0.05) is 29.8 Å². The van der Waals surface area contributed by atoms with E-state index in [1.54, 1.807) is 0 Å². The second-order valence-corrected chi connectivity index (χ2v) is 4.57. The fourth-order valence-electron chi connectivity index (χ4n) is 2.30. The number of nitrogens with one attached hydrogen (secondary N) is 1. The first kappa shape index (κ1) is 12.6. The van der Waals surface area contributed by atoms with E-state index in [0.29, 0.717) is 11.2 Å². The van der Waals surface area contributed by atoms with E-state index in [1.165, 1.54) is 6.42 Å². The maximum absolute atomic E-state index is 6.23. The summed E-state index contributed by atoms with van der Waals surface area (Å²) in [7, 11) is 0. The summed E-state index contributed by atoms with van der Waals surface area (Å²) in [6, 6.07) is 10.6. The smallest absolute Gasteiger partial charge is 0.134 e. The average Bonchev–Trinajstić information content (AvgIpc) is 2.81. The van der Waals surface area contributed by atoms with Gasteiger partial charge in [0, 0.05) is 17.0 Å². The van der Waals surface area contributed by atoms with Gasteiger partial charge in [-0.2, -0.15) is 0 Å². The van der Waals surface area contributed by atoms with Crippen LogP contribution in [0.25, 0.3) is 10.9 Å². The minimum atomic E-state index is 0. The topological polar surface area (TPSA) is 24.9 Å². The third kappa shape index (κ3) is 2.39. The van der Waals surface area contributed by atoms with Crippen molar-refractivity contribution < 1.29 is 0 Å². The van der Waals surface area contributed by atoms with Crippen molar-refractivity contribution in [3.63, 3.8) is 0 Å². The van der Waals surface area contributed by atoms with Crippen LogP contribution in [0.5, 0.6) is 0 Å². The van der Waals surface area contributed by atoms with Crippen molar-refractivity contribution in [1.29, 1.82) is 0 Å². The zero-order valence-corrected chi connectivity index (χ0v) is 10.9. The molecule has 1 aromatic carbocycles. The number of hydrogen-bond acceptors (Lipinski definition) is 2. The first-order valence-electron chi connectivity index (χ1n) is 5.63. The number of fused-ring (bicyclic) bond motifs is 1. The number of para-hydroxylation sites is 1. The molecule has 1 aromatic heterocycles. The predicted octanol–water partition coefficient (Wildman–Crippen LogP) is 3.73. The van der Waals surface area contributed by atoms with E-state index in [1.807, 2.05) is 18.2 Å². The van der Waals surface area contributed by atoms with E-state index in [-0.39, 0.29) is 12.4 Å². The number of nitrogens with zero attached hydrogens (tertiary/aromatic N) is 1. The highest BCUT2D eigenvalue weighted by Gasteiger charge is 2.19. The summed E-state index contributed by atoms with van der Waals surface area (Å²) in [5.74, 6) is 0. The summed E-state index contributed by atoms with van der Waals surface area (Å²) in [4.78, 5) is 4.45. The first-order valence-corrected chi connectivity index (χ1v) is 6.01. The average molecular weight is 269 g/mol. The van der Waals surface area contributed by atoms with E-state index in [9.17, 15) is 0 Å². The van der Waals surface area contributed by atoms with Gasteiger partial charge in [0.05, 0.1) is 5.52 Å². The number of aromatic nitrogens is 1. The molecule has 0 aliphatic carbocycles. The minimum absolute atomic E-state index is 0. The van der Waals surface area contributed by atoms with Crippen LogP contribution in [0.2, 0.25) is 5.15 Å². The van der Waals surface area contributed by atoms with Crippen LogP contribution >= 0.6 is 24.0 Å². The summed E-state index contributed by atoms with van der Waals surface area (Å²) in [6.07, 6.45) is 2.37. The number of rotatable bonds is 1. The Morgan fingerprint density at radius 2 is 2.12 bits per heavy atom. The molecule has 1 aliphatic rings. The minimum Gasteiger partial charge on any atom is -0.310 e. The molecule has 1 fully saturated rings. The number of pyridine rings is 1. The van der Waals surface area contributed by atoms with E-state index in [4.69, 9.17) is 11.6 Å². The van der Waals surface area contributed by atoms with E-state index in [0.717, 1.165) is 29.4 Å². The van der Waals surface area contributed by atoms with Gasteiger partial charge in [-0.3, -0.25) is 0 Å². The van der Waals surface area contributed by atoms with E-state index in [2.05, 4.69) is 22.4 Å². The van der Waals surface area contributed by atoms with Gasteiger partial charge in [-0.15, -0.1) is 12.4 Å². The molecule has 2 heterocycles. The van der Waals surface area contributed by atoms with E-state index >= 15 is 0 Å². The van der Waals surface area contributed by atoms with Crippen molar-refractivity contribution in [2.45, 2.75) is 18.9 Å². The summed E-state index contributed by atoms with van der Waals surface area (Å²) in [5.41, 5.74) is 2.10. The summed E-state index contributed by atoms with van der Waals surface area (Å²) in [6.45, 7) is 1.08. The molecular weight excluding hydrogens is 255 g/mol. The summed E-state index contributed by atoms with van der Waals surface area (Å²) >= 11 is 6.23. The maximum Gasteiger partial charge on any atom is 0.134 e.